The number of ether oxygens (including phenoxy) is 2. The molecule has 218 valence electrons. The molecule has 0 radical (unpaired) electrons. The first-order valence-corrected chi connectivity index (χ1v) is 14.9. The van der Waals surface area contributed by atoms with Crippen molar-refractivity contribution in [3.63, 3.8) is 0 Å². The molecule has 5 aromatic rings. The van der Waals surface area contributed by atoms with Crippen molar-refractivity contribution in [1.82, 2.24) is 30.0 Å². The molecule has 7 rings (SSSR count). The van der Waals surface area contributed by atoms with Gasteiger partial charge in [0.25, 0.3) is 0 Å². The second kappa shape index (κ2) is 12.0. The number of aromatic nitrogens is 4. The first kappa shape index (κ1) is 27.3. The van der Waals surface area contributed by atoms with Crippen LogP contribution >= 0.6 is 11.3 Å². The number of amides is 1. The molecular formula is C31H28FN7O3S. The van der Waals surface area contributed by atoms with Gasteiger partial charge in [0.15, 0.2) is 0 Å². The number of thiophene rings is 1. The predicted molar refractivity (Wildman–Crippen MR) is 162 cm³/mol. The average molecular weight is 598 g/mol. The van der Waals surface area contributed by atoms with Gasteiger partial charge in [-0.25, -0.2) is 19.2 Å². The third-order valence-corrected chi connectivity index (χ3v) is 8.41. The summed E-state index contributed by atoms with van der Waals surface area (Å²) in [6, 6.07) is 14.5. The Hall–Kier alpha value is -4.57. The number of hydrogen-bond acceptors (Lipinski definition) is 9. The van der Waals surface area contributed by atoms with Crippen molar-refractivity contribution in [2.45, 2.75) is 25.1 Å². The zero-order valence-corrected chi connectivity index (χ0v) is 23.9. The average Bonchev–Trinajstić information content (AvgIpc) is 3.75. The van der Waals surface area contributed by atoms with Crippen LogP contribution in [0.2, 0.25) is 0 Å². The van der Waals surface area contributed by atoms with E-state index < -0.39 is 0 Å². The normalized spacial score (nSPS) is 18.5. The van der Waals surface area contributed by atoms with Gasteiger partial charge in [0, 0.05) is 37.1 Å². The summed E-state index contributed by atoms with van der Waals surface area (Å²) in [5, 5.41) is 13.1. The number of rotatable bonds is 5. The van der Waals surface area contributed by atoms with Crippen LogP contribution in [-0.4, -0.2) is 75.7 Å². The summed E-state index contributed by atoms with van der Waals surface area (Å²) in [7, 11) is 0. The second-order valence-electron chi connectivity index (χ2n) is 10.5. The van der Waals surface area contributed by atoms with E-state index in [1.54, 1.807) is 23.5 Å². The van der Waals surface area contributed by atoms with Gasteiger partial charge in [-0.3, -0.25) is 10.00 Å². The van der Waals surface area contributed by atoms with Crippen LogP contribution in [0.5, 0.6) is 0 Å². The molecule has 2 atom stereocenters. The molecule has 3 aromatic heterocycles. The van der Waals surface area contributed by atoms with Gasteiger partial charge in [-0.15, -0.1) is 11.3 Å². The quantitative estimate of drug-likeness (QED) is 0.285. The number of halogens is 1. The van der Waals surface area contributed by atoms with Crippen molar-refractivity contribution in [2.75, 3.05) is 38.2 Å². The highest BCUT2D eigenvalue weighted by Gasteiger charge is 2.28. The maximum atomic E-state index is 13.6. The van der Waals surface area contributed by atoms with Crippen molar-refractivity contribution in [2.24, 2.45) is 0 Å². The molecule has 1 amide bonds. The monoisotopic (exact) mass is 597 g/mol. The molecule has 12 heteroatoms. The highest BCUT2D eigenvalue weighted by atomic mass is 32.1. The summed E-state index contributed by atoms with van der Waals surface area (Å²) in [4.78, 5) is 24.7. The molecule has 0 bridgehead atoms. The molecule has 0 spiro atoms. The first-order valence-electron chi connectivity index (χ1n) is 14.1. The standard InChI is InChI=1S/C31H28FN7O3S/c32-22-3-1-2-20(12-22)18-39-28-7-5-24(13-21(28)16-36-39)37-29-27-15-26(43-30(27)35-19-34-29)6-4-23-14-25(17-33-23)42-31(40)38-8-10-41-11-9-38/h1-3,5,7,12-13,15-16,19,23,25,33H,8-11,14,17-18H2,(H,34,35,37)/t23-,25-/m1/s1. The first-order chi connectivity index (χ1) is 21.1. The van der Waals surface area contributed by atoms with Gasteiger partial charge in [-0.1, -0.05) is 24.0 Å². The molecule has 10 nitrogen and oxygen atoms in total. The van der Waals surface area contributed by atoms with Crippen molar-refractivity contribution in [3.8, 4) is 11.8 Å². The SMILES string of the molecule is O=C(O[C@H]1CN[C@H](C#Cc2cc3c(Nc4ccc5c(cnn5Cc5cccc(F)c5)c4)ncnc3s2)C1)N1CCOCC1. The summed E-state index contributed by atoms with van der Waals surface area (Å²) >= 11 is 1.51. The molecule has 2 aliphatic heterocycles. The lowest BCUT2D eigenvalue weighted by Gasteiger charge is -2.27. The Balaban J connectivity index is 1.02. The zero-order chi connectivity index (χ0) is 29.2. The summed E-state index contributed by atoms with van der Waals surface area (Å²) in [5.41, 5.74) is 2.67. The zero-order valence-electron chi connectivity index (χ0n) is 23.1. The summed E-state index contributed by atoms with van der Waals surface area (Å²) in [5.74, 6) is 6.97. The fourth-order valence-corrected chi connectivity index (χ4v) is 6.14. The van der Waals surface area contributed by atoms with Gasteiger partial charge in [0.2, 0.25) is 0 Å². The number of benzene rings is 2. The number of nitrogens with zero attached hydrogens (tertiary/aromatic N) is 5. The molecule has 2 aliphatic rings. The van der Waals surface area contributed by atoms with E-state index >= 15 is 0 Å². The van der Waals surface area contributed by atoms with Crippen LogP contribution in [0, 0.1) is 17.7 Å². The summed E-state index contributed by atoms with van der Waals surface area (Å²) < 4.78 is 26.5. The Kier molecular flexibility index (Phi) is 7.59. The summed E-state index contributed by atoms with van der Waals surface area (Å²) in [6.07, 6.45) is 3.49. The highest BCUT2D eigenvalue weighted by Crippen LogP contribution is 2.30. The Morgan fingerprint density at radius 1 is 1.19 bits per heavy atom. The number of anilines is 2. The molecule has 0 saturated carbocycles. The maximum Gasteiger partial charge on any atom is 0.410 e. The van der Waals surface area contributed by atoms with Crippen LogP contribution in [0.25, 0.3) is 21.1 Å². The van der Waals surface area contributed by atoms with E-state index in [1.807, 2.05) is 35.0 Å². The molecule has 0 aliphatic carbocycles. The van der Waals surface area contributed by atoms with Crippen LogP contribution in [0.15, 0.2) is 61.1 Å². The van der Waals surface area contributed by atoms with Gasteiger partial charge >= 0.3 is 6.09 Å². The molecule has 43 heavy (non-hydrogen) atoms. The van der Waals surface area contributed by atoms with E-state index in [1.165, 1.54) is 23.5 Å². The van der Waals surface area contributed by atoms with E-state index in [-0.39, 0.29) is 24.1 Å². The second-order valence-corrected chi connectivity index (χ2v) is 11.5. The Labute approximate surface area is 250 Å². The Morgan fingerprint density at radius 2 is 2.09 bits per heavy atom. The molecule has 2 N–H and O–H groups in total. The van der Waals surface area contributed by atoms with Crippen molar-refractivity contribution in [1.29, 1.82) is 0 Å². The largest absolute Gasteiger partial charge is 0.445 e. The lowest BCUT2D eigenvalue weighted by molar-refractivity contribution is 0.0156. The van der Waals surface area contributed by atoms with Gasteiger partial charge < -0.3 is 19.7 Å². The molecular weight excluding hydrogens is 569 g/mol. The van der Waals surface area contributed by atoms with E-state index in [9.17, 15) is 9.18 Å². The van der Waals surface area contributed by atoms with E-state index in [0.717, 1.165) is 37.2 Å². The highest BCUT2D eigenvalue weighted by molar-refractivity contribution is 7.19. The number of carbonyl (C=O) groups excluding carboxylic acids is 1. The van der Waals surface area contributed by atoms with Crippen LogP contribution in [0.3, 0.4) is 0 Å². The van der Waals surface area contributed by atoms with Crippen LogP contribution in [0.4, 0.5) is 20.7 Å². The number of hydrogen-bond donors (Lipinski definition) is 2. The minimum absolute atomic E-state index is 0.0649. The lowest BCUT2D eigenvalue weighted by atomic mass is 10.2. The number of carbonyl (C=O) groups is 1. The minimum Gasteiger partial charge on any atom is -0.445 e. The topological polar surface area (TPSA) is 106 Å². The molecule has 0 unspecified atom stereocenters. The number of nitrogens with one attached hydrogen (secondary N) is 2. The van der Waals surface area contributed by atoms with Crippen molar-refractivity contribution < 1.29 is 18.7 Å². The number of morpholine rings is 1. The molecule has 2 fully saturated rings. The maximum absolute atomic E-state index is 13.6. The van der Waals surface area contributed by atoms with E-state index in [4.69, 9.17) is 9.47 Å². The molecule has 5 heterocycles. The minimum atomic E-state index is -0.288. The lowest BCUT2D eigenvalue weighted by Crippen LogP contribution is -2.42. The molecule has 2 aromatic carbocycles. The molecule has 2 saturated heterocycles. The third-order valence-electron chi connectivity index (χ3n) is 7.45. The number of fused-ring (bicyclic) bond motifs is 2. The fraction of sp³-hybridized carbons (Fsp3) is 0.290. The van der Waals surface area contributed by atoms with Gasteiger partial charge in [-0.2, -0.15) is 5.10 Å². The van der Waals surface area contributed by atoms with Gasteiger partial charge in [0.1, 0.15) is 28.9 Å². The van der Waals surface area contributed by atoms with E-state index in [0.29, 0.717) is 51.6 Å². The van der Waals surface area contributed by atoms with Crippen LogP contribution in [-0.2, 0) is 16.0 Å². The van der Waals surface area contributed by atoms with Crippen LogP contribution < -0.4 is 10.6 Å². The third kappa shape index (κ3) is 6.15. The smallest absolute Gasteiger partial charge is 0.410 e. The van der Waals surface area contributed by atoms with Gasteiger partial charge in [0.05, 0.1) is 47.8 Å². The van der Waals surface area contributed by atoms with Crippen LogP contribution in [0.1, 0.15) is 16.9 Å². The summed E-state index contributed by atoms with van der Waals surface area (Å²) in [6.45, 7) is 3.27. The van der Waals surface area contributed by atoms with Gasteiger partial charge in [-0.05, 0) is 42.0 Å². The Bertz CT molecular complexity index is 1860. The predicted octanol–water partition coefficient (Wildman–Crippen LogP) is 4.52. The van der Waals surface area contributed by atoms with E-state index in [2.05, 4.69) is 37.5 Å². The fourth-order valence-electron chi connectivity index (χ4n) is 5.28. The Morgan fingerprint density at radius 3 is 2.98 bits per heavy atom. The van der Waals surface area contributed by atoms with Crippen molar-refractivity contribution >= 4 is 50.1 Å². The van der Waals surface area contributed by atoms with Crippen molar-refractivity contribution in [3.05, 3.63) is 77.3 Å².